The molecule has 0 aromatic rings. The molecule has 0 aromatic heterocycles. The summed E-state index contributed by atoms with van der Waals surface area (Å²) in [6, 6.07) is 0. The van der Waals surface area contributed by atoms with E-state index in [2.05, 4.69) is 6.92 Å². The van der Waals surface area contributed by atoms with Crippen molar-refractivity contribution < 1.29 is 28.5 Å². The molecule has 2 saturated carbocycles. The van der Waals surface area contributed by atoms with Crippen molar-refractivity contribution >= 4 is 23.5 Å². The summed E-state index contributed by atoms with van der Waals surface area (Å²) >= 11 is 6.69. The Morgan fingerprint density at radius 1 is 1.24 bits per heavy atom. The van der Waals surface area contributed by atoms with Crippen molar-refractivity contribution in [1.29, 1.82) is 0 Å². The third kappa shape index (κ3) is 1.29. The van der Waals surface area contributed by atoms with E-state index in [0.717, 1.165) is 6.42 Å². The van der Waals surface area contributed by atoms with Crippen molar-refractivity contribution in [2.75, 3.05) is 21.3 Å². The van der Waals surface area contributed by atoms with Gasteiger partial charge in [0, 0.05) is 26.1 Å². The SMILES string of the molecule is COC(=O)[C@@]12OC(=O)[C@@](Cl)([C@H]3C[C@@H](C)C[C@H]31)C2(OC)OC. The van der Waals surface area contributed by atoms with Crippen LogP contribution in [-0.4, -0.2) is 49.5 Å². The normalized spacial score (nSPS) is 46.3. The molecule has 0 aromatic carbocycles. The molecule has 3 aliphatic rings. The summed E-state index contributed by atoms with van der Waals surface area (Å²) in [6.07, 6.45) is 1.42. The molecular weight excluding hydrogens is 300 g/mol. The average molecular weight is 319 g/mol. The van der Waals surface area contributed by atoms with Gasteiger partial charge in [0.15, 0.2) is 0 Å². The van der Waals surface area contributed by atoms with Gasteiger partial charge in [0.2, 0.25) is 4.87 Å². The molecular formula is C14H19ClO6. The lowest BCUT2D eigenvalue weighted by Crippen LogP contribution is -2.63. The fraction of sp³-hybridized carbons (Fsp3) is 0.857. The maximum atomic E-state index is 12.5. The number of halogens is 1. The van der Waals surface area contributed by atoms with Gasteiger partial charge in [-0.3, -0.25) is 0 Å². The standard InChI is InChI=1S/C14H19ClO6/c1-7-5-8-9(6-7)13(11(17)18-2)14(19-3,20-4)12(8,15)10(16)21-13/h7-9H,5-6H2,1-4H3/t7-,8+,9-,12+,13+/m1/s1. The van der Waals surface area contributed by atoms with Crippen molar-refractivity contribution in [3.8, 4) is 0 Å². The number of carbonyl (C=O) groups is 2. The summed E-state index contributed by atoms with van der Waals surface area (Å²) in [7, 11) is 3.98. The van der Waals surface area contributed by atoms with Crippen molar-refractivity contribution in [2.24, 2.45) is 17.8 Å². The van der Waals surface area contributed by atoms with Gasteiger partial charge in [0.05, 0.1) is 7.11 Å². The van der Waals surface area contributed by atoms with E-state index in [1.165, 1.54) is 21.3 Å². The summed E-state index contributed by atoms with van der Waals surface area (Å²) < 4.78 is 21.4. The van der Waals surface area contributed by atoms with E-state index in [9.17, 15) is 9.59 Å². The highest BCUT2D eigenvalue weighted by molar-refractivity contribution is 6.37. The minimum absolute atomic E-state index is 0.241. The zero-order valence-corrected chi connectivity index (χ0v) is 13.2. The number of esters is 2. The lowest BCUT2D eigenvalue weighted by Gasteiger charge is -2.39. The minimum Gasteiger partial charge on any atom is -0.466 e. The van der Waals surface area contributed by atoms with E-state index in [-0.39, 0.29) is 11.8 Å². The van der Waals surface area contributed by atoms with E-state index < -0.39 is 28.2 Å². The molecule has 1 saturated heterocycles. The Kier molecular flexibility index (Phi) is 3.11. The van der Waals surface area contributed by atoms with Gasteiger partial charge in [0.25, 0.3) is 11.4 Å². The Hall–Kier alpha value is -0.850. The quantitative estimate of drug-likeness (QED) is 0.441. The van der Waals surface area contributed by atoms with Crippen molar-refractivity contribution in [3.63, 3.8) is 0 Å². The van der Waals surface area contributed by atoms with Crippen molar-refractivity contribution in [3.05, 3.63) is 0 Å². The molecule has 118 valence electrons. The van der Waals surface area contributed by atoms with Crippen LogP contribution in [0.3, 0.4) is 0 Å². The molecule has 0 spiro atoms. The summed E-state index contributed by atoms with van der Waals surface area (Å²) in [6.45, 7) is 2.06. The van der Waals surface area contributed by atoms with Gasteiger partial charge in [-0.15, -0.1) is 11.6 Å². The van der Waals surface area contributed by atoms with Gasteiger partial charge in [-0.1, -0.05) is 6.92 Å². The van der Waals surface area contributed by atoms with E-state index >= 15 is 0 Å². The highest BCUT2D eigenvalue weighted by Crippen LogP contribution is 2.70. The third-order valence-electron chi connectivity index (χ3n) is 5.41. The van der Waals surface area contributed by atoms with Crippen LogP contribution in [0.5, 0.6) is 0 Å². The lowest BCUT2D eigenvalue weighted by molar-refractivity contribution is -0.274. The maximum absolute atomic E-state index is 12.5. The molecule has 1 heterocycles. The second-order valence-corrected chi connectivity index (χ2v) is 6.74. The largest absolute Gasteiger partial charge is 0.466 e. The topological polar surface area (TPSA) is 71.1 Å². The monoisotopic (exact) mass is 318 g/mol. The highest BCUT2D eigenvalue weighted by atomic mass is 35.5. The lowest BCUT2D eigenvalue weighted by atomic mass is 9.84. The number of methoxy groups -OCH3 is 3. The third-order valence-corrected chi connectivity index (χ3v) is 6.10. The second kappa shape index (κ2) is 4.33. The summed E-state index contributed by atoms with van der Waals surface area (Å²) in [4.78, 5) is 23.5. The molecule has 7 heteroatoms. The first-order chi connectivity index (χ1) is 9.85. The zero-order valence-electron chi connectivity index (χ0n) is 12.5. The van der Waals surface area contributed by atoms with Crippen molar-refractivity contribution in [1.82, 2.24) is 0 Å². The molecule has 3 fully saturated rings. The number of carbonyl (C=O) groups excluding carboxylic acids is 2. The van der Waals surface area contributed by atoms with Crippen LogP contribution < -0.4 is 0 Å². The molecule has 1 aliphatic heterocycles. The van der Waals surface area contributed by atoms with Crippen molar-refractivity contribution in [2.45, 2.75) is 36.0 Å². The molecule has 5 atom stereocenters. The summed E-state index contributed by atoms with van der Waals surface area (Å²) in [5.41, 5.74) is -1.64. The van der Waals surface area contributed by atoms with Crippen LogP contribution in [-0.2, 0) is 28.5 Å². The average Bonchev–Trinajstić information content (AvgIpc) is 3.00. The Morgan fingerprint density at radius 2 is 1.81 bits per heavy atom. The zero-order chi connectivity index (χ0) is 15.6. The molecule has 21 heavy (non-hydrogen) atoms. The molecule has 3 rings (SSSR count). The van der Waals surface area contributed by atoms with Crippen LogP contribution in [0.15, 0.2) is 0 Å². The first-order valence-electron chi connectivity index (χ1n) is 6.96. The Bertz CT molecular complexity index is 504. The molecule has 2 bridgehead atoms. The van der Waals surface area contributed by atoms with Gasteiger partial charge in [0.1, 0.15) is 0 Å². The number of alkyl halides is 1. The number of rotatable bonds is 3. The molecule has 6 nitrogen and oxygen atoms in total. The summed E-state index contributed by atoms with van der Waals surface area (Å²) in [5, 5.41) is 0. The number of hydrogen-bond acceptors (Lipinski definition) is 6. The van der Waals surface area contributed by atoms with E-state index in [0.29, 0.717) is 12.3 Å². The predicted molar refractivity (Wildman–Crippen MR) is 71.6 cm³/mol. The Balaban J connectivity index is 2.26. The maximum Gasteiger partial charge on any atom is 0.356 e. The minimum atomic E-state index is -1.67. The Labute approximate surface area is 128 Å². The Morgan fingerprint density at radius 3 is 2.33 bits per heavy atom. The van der Waals surface area contributed by atoms with Gasteiger partial charge < -0.3 is 18.9 Å². The van der Waals surface area contributed by atoms with Crippen LogP contribution in [0.2, 0.25) is 0 Å². The fourth-order valence-corrected chi connectivity index (χ4v) is 5.33. The molecule has 0 unspecified atom stereocenters. The highest BCUT2D eigenvalue weighted by Gasteiger charge is 2.92. The fourth-order valence-electron chi connectivity index (χ4n) is 4.75. The van der Waals surface area contributed by atoms with E-state index in [1.54, 1.807) is 0 Å². The number of fused-ring (bicyclic) bond motifs is 5. The van der Waals surface area contributed by atoms with E-state index in [1.807, 2.05) is 0 Å². The van der Waals surface area contributed by atoms with E-state index in [4.69, 9.17) is 30.5 Å². The van der Waals surface area contributed by atoms with Crippen LogP contribution >= 0.6 is 11.6 Å². The van der Waals surface area contributed by atoms with Gasteiger partial charge >= 0.3 is 11.9 Å². The molecule has 2 aliphatic carbocycles. The predicted octanol–water partition coefficient (Wildman–Crippen LogP) is 1.10. The van der Waals surface area contributed by atoms with Crippen LogP contribution in [0, 0.1) is 17.8 Å². The first kappa shape index (κ1) is 15.1. The van der Waals surface area contributed by atoms with Crippen LogP contribution in [0.25, 0.3) is 0 Å². The molecule has 0 radical (unpaired) electrons. The first-order valence-corrected chi connectivity index (χ1v) is 7.34. The molecule has 0 amide bonds. The molecule has 0 N–H and O–H groups in total. The second-order valence-electron chi connectivity index (χ2n) is 6.14. The number of hydrogen-bond donors (Lipinski definition) is 0. The summed E-state index contributed by atoms with van der Waals surface area (Å²) in [5.74, 6) is -3.19. The van der Waals surface area contributed by atoms with Gasteiger partial charge in [-0.05, 0) is 18.8 Å². The van der Waals surface area contributed by atoms with Gasteiger partial charge in [-0.25, -0.2) is 9.59 Å². The smallest absolute Gasteiger partial charge is 0.356 e. The van der Waals surface area contributed by atoms with Crippen LogP contribution in [0.1, 0.15) is 19.8 Å². The van der Waals surface area contributed by atoms with Crippen LogP contribution in [0.4, 0.5) is 0 Å². The van der Waals surface area contributed by atoms with Gasteiger partial charge in [-0.2, -0.15) is 0 Å². The number of ether oxygens (including phenoxy) is 4.